The summed E-state index contributed by atoms with van der Waals surface area (Å²) in [5.41, 5.74) is 0. The Hall–Kier alpha value is -0.280. The van der Waals surface area contributed by atoms with Gasteiger partial charge in [-0.1, -0.05) is 6.92 Å². The minimum absolute atomic E-state index is 0.234. The number of aliphatic hydroxyl groups excluding tert-OH is 2. The number of methoxy groups -OCH3 is 2. The fourth-order valence-corrected chi connectivity index (χ4v) is 2.09. The van der Waals surface area contributed by atoms with E-state index in [9.17, 15) is 10.2 Å². The lowest BCUT2D eigenvalue weighted by Gasteiger charge is -2.41. The van der Waals surface area contributed by atoms with Gasteiger partial charge in [0, 0.05) is 20.8 Å². The largest absolute Gasteiger partial charge is 0.387 e. The Kier molecular flexibility index (Phi) is 8.55. The summed E-state index contributed by atoms with van der Waals surface area (Å²) in [6.45, 7) is 3.93. The molecule has 1 fully saturated rings. The molecule has 5 unspecified atom stereocenters. The van der Waals surface area contributed by atoms with Gasteiger partial charge < -0.3 is 33.9 Å². The molecule has 1 aliphatic heterocycles. The van der Waals surface area contributed by atoms with E-state index in [1.807, 2.05) is 6.92 Å². The molecule has 5 atom stereocenters. The fraction of sp³-hybridized carbons (Fsp3) is 1.00. The first-order valence-corrected chi connectivity index (χ1v) is 6.88. The number of rotatable bonds is 9. The third kappa shape index (κ3) is 4.92. The van der Waals surface area contributed by atoms with Crippen LogP contribution in [-0.4, -0.2) is 81.6 Å². The van der Waals surface area contributed by atoms with E-state index >= 15 is 0 Å². The van der Waals surface area contributed by atoms with Gasteiger partial charge in [-0.3, -0.25) is 0 Å². The first-order valence-electron chi connectivity index (χ1n) is 6.88. The van der Waals surface area contributed by atoms with Gasteiger partial charge in [0.1, 0.15) is 24.4 Å². The van der Waals surface area contributed by atoms with Crippen molar-refractivity contribution in [3.8, 4) is 0 Å². The van der Waals surface area contributed by atoms with E-state index in [1.165, 1.54) is 14.2 Å². The highest BCUT2D eigenvalue weighted by atomic mass is 16.7. The zero-order valence-corrected chi connectivity index (χ0v) is 12.4. The third-order valence-corrected chi connectivity index (χ3v) is 3.15. The molecule has 7 heteroatoms. The summed E-state index contributed by atoms with van der Waals surface area (Å²) in [5, 5.41) is 19.8. The van der Waals surface area contributed by atoms with E-state index in [2.05, 4.69) is 0 Å². The molecule has 0 radical (unpaired) electrons. The van der Waals surface area contributed by atoms with E-state index < -0.39 is 30.7 Å². The van der Waals surface area contributed by atoms with Crippen LogP contribution in [0.1, 0.15) is 13.3 Å². The molecule has 0 aliphatic carbocycles. The molecule has 0 aromatic heterocycles. The third-order valence-electron chi connectivity index (χ3n) is 3.15. The Labute approximate surface area is 119 Å². The van der Waals surface area contributed by atoms with Gasteiger partial charge in [0.2, 0.25) is 0 Å². The number of ether oxygens (including phenoxy) is 5. The number of hydrogen-bond acceptors (Lipinski definition) is 7. The molecule has 2 N–H and O–H groups in total. The van der Waals surface area contributed by atoms with Gasteiger partial charge in [0.15, 0.2) is 6.29 Å². The molecule has 0 amide bonds. The molecule has 1 saturated heterocycles. The van der Waals surface area contributed by atoms with Crippen LogP contribution in [0, 0.1) is 0 Å². The Balaban J connectivity index is 2.37. The van der Waals surface area contributed by atoms with Crippen molar-refractivity contribution in [2.24, 2.45) is 0 Å². The summed E-state index contributed by atoms with van der Waals surface area (Å²) in [6, 6.07) is 0. The van der Waals surface area contributed by atoms with E-state index in [4.69, 9.17) is 23.7 Å². The molecule has 0 spiro atoms. The van der Waals surface area contributed by atoms with Gasteiger partial charge in [-0.05, 0) is 6.42 Å². The predicted octanol–water partition coefficient (Wildman–Crippen LogP) is -0.462. The molecular weight excluding hydrogens is 268 g/mol. The minimum Gasteiger partial charge on any atom is -0.387 e. The van der Waals surface area contributed by atoms with Gasteiger partial charge in [-0.2, -0.15) is 0 Å². The lowest BCUT2D eigenvalue weighted by molar-refractivity contribution is -0.300. The van der Waals surface area contributed by atoms with Crippen LogP contribution in [0.4, 0.5) is 0 Å². The number of aliphatic hydroxyl groups is 2. The molecule has 20 heavy (non-hydrogen) atoms. The average Bonchev–Trinajstić information content (AvgIpc) is 2.46. The molecular formula is C13H26O7. The standard InChI is InChI=1S/C13H26O7/c1-4-5-18-6-7-19-8-9-12(16-2)10(14)11(15)13(17-3)20-9/h9-15H,4-8H2,1-3H3. The van der Waals surface area contributed by atoms with Crippen LogP contribution in [0.2, 0.25) is 0 Å². The SMILES string of the molecule is CCCOCCOCC1OC(OC)C(O)C(O)C1OC. The van der Waals surface area contributed by atoms with Crippen LogP contribution < -0.4 is 0 Å². The summed E-state index contributed by atoms with van der Waals surface area (Å²) < 4.78 is 26.4. The smallest absolute Gasteiger partial charge is 0.186 e. The first-order chi connectivity index (χ1) is 9.65. The molecule has 0 aromatic rings. The van der Waals surface area contributed by atoms with Gasteiger partial charge >= 0.3 is 0 Å². The Morgan fingerprint density at radius 2 is 1.65 bits per heavy atom. The molecule has 120 valence electrons. The molecule has 7 nitrogen and oxygen atoms in total. The summed E-state index contributed by atoms with van der Waals surface area (Å²) in [4.78, 5) is 0. The summed E-state index contributed by atoms with van der Waals surface area (Å²) in [6.07, 6.45) is -3.31. The molecule has 0 aromatic carbocycles. The Morgan fingerprint density at radius 1 is 0.950 bits per heavy atom. The summed E-state index contributed by atoms with van der Waals surface area (Å²) in [7, 11) is 2.86. The summed E-state index contributed by atoms with van der Waals surface area (Å²) in [5.74, 6) is 0. The fourth-order valence-electron chi connectivity index (χ4n) is 2.09. The van der Waals surface area contributed by atoms with Gasteiger partial charge in [0.25, 0.3) is 0 Å². The van der Waals surface area contributed by atoms with Crippen molar-refractivity contribution in [1.82, 2.24) is 0 Å². The van der Waals surface area contributed by atoms with E-state index in [1.54, 1.807) is 0 Å². The van der Waals surface area contributed by atoms with Crippen molar-refractivity contribution in [3.63, 3.8) is 0 Å². The topological polar surface area (TPSA) is 86.6 Å². The van der Waals surface area contributed by atoms with Crippen LogP contribution in [0.5, 0.6) is 0 Å². The van der Waals surface area contributed by atoms with E-state index in [0.29, 0.717) is 19.8 Å². The molecule has 0 bridgehead atoms. The lowest BCUT2D eigenvalue weighted by atomic mass is 9.99. The number of hydrogen-bond donors (Lipinski definition) is 2. The van der Waals surface area contributed by atoms with E-state index in [0.717, 1.165) is 6.42 Å². The van der Waals surface area contributed by atoms with E-state index in [-0.39, 0.29) is 6.61 Å². The summed E-state index contributed by atoms with van der Waals surface area (Å²) >= 11 is 0. The maximum Gasteiger partial charge on any atom is 0.186 e. The van der Waals surface area contributed by atoms with Crippen molar-refractivity contribution in [3.05, 3.63) is 0 Å². The maximum absolute atomic E-state index is 9.97. The molecule has 1 rings (SSSR count). The lowest BCUT2D eigenvalue weighted by Crippen LogP contribution is -2.59. The van der Waals surface area contributed by atoms with Crippen LogP contribution in [-0.2, 0) is 23.7 Å². The van der Waals surface area contributed by atoms with Crippen molar-refractivity contribution in [2.75, 3.05) is 40.6 Å². The van der Waals surface area contributed by atoms with Crippen LogP contribution >= 0.6 is 0 Å². The second-order valence-electron chi connectivity index (χ2n) is 4.65. The van der Waals surface area contributed by atoms with Crippen molar-refractivity contribution in [1.29, 1.82) is 0 Å². The highest BCUT2D eigenvalue weighted by molar-refractivity contribution is 4.90. The molecule has 1 aliphatic rings. The second kappa shape index (κ2) is 9.62. The highest BCUT2D eigenvalue weighted by Gasteiger charge is 2.45. The maximum atomic E-state index is 9.97. The Morgan fingerprint density at radius 3 is 2.25 bits per heavy atom. The van der Waals surface area contributed by atoms with Crippen molar-refractivity contribution in [2.45, 2.75) is 44.1 Å². The monoisotopic (exact) mass is 294 g/mol. The Bertz CT molecular complexity index is 251. The first kappa shape index (κ1) is 17.8. The van der Waals surface area contributed by atoms with Crippen molar-refractivity contribution >= 4 is 0 Å². The minimum atomic E-state index is -1.14. The average molecular weight is 294 g/mol. The quantitative estimate of drug-likeness (QED) is 0.556. The molecule has 0 saturated carbocycles. The van der Waals surface area contributed by atoms with Crippen LogP contribution in [0.25, 0.3) is 0 Å². The van der Waals surface area contributed by atoms with Crippen LogP contribution in [0.3, 0.4) is 0 Å². The predicted molar refractivity (Wildman–Crippen MR) is 70.4 cm³/mol. The zero-order valence-electron chi connectivity index (χ0n) is 12.4. The second-order valence-corrected chi connectivity index (χ2v) is 4.65. The van der Waals surface area contributed by atoms with Crippen LogP contribution in [0.15, 0.2) is 0 Å². The van der Waals surface area contributed by atoms with Crippen molar-refractivity contribution < 1.29 is 33.9 Å². The highest BCUT2D eigenvalue weighted by Crippen LogP contribution is 2.23. The normalized spacial score (nSPS) is 34.4. The van der Waals surface area contributed by atoms with Gasteiger partial charge in [-0.25, -0.2) is 0 Å². The zero-order chi connectivity index (χ0) is 15.0. The van der Waals surface area contributed by atoms with Gasteiger partial charge in [-0.15, -0.1) is 0 Å². The molecule has 1 heterocycles. The van der Waals surface area contributed by atoms with Gasteiger partial charge in [0.05, 0.1) is 19.8 Å².